The molecule has 1 N–H and O–H groups in total. The van der Waals surface area contributed by atoms with Crippen molar-refractivity contribution in [2.45, 2.75) is 76.0 Å². The summed E-state index contributed by atoms with van der Waals surface area (Å²) < 4.78 is 23.7. The number of rotatable bonds is 5. The number of amides is 1. The van der Waals surface area contributed by atoms with Crippen LogP contribution in [-0.4, -0.2) is 66.8 Å². The smallest absolute Gasteiger partial charge is 0.219 e. The van der Waals surface area contributed by atoms with E-state index in [1.807, 2.05) is 30.3 Å². The number of nitrogens with zero attached hydrogens (tertiary/aromatic N) is 1. The van der Waals surface area contributed by atoms with Gasteiger partial charge in [-0.3, -0.25) is 4.79 Å². The van der Waals surface area contributed by atoms with E-state index in [0.29, 0.717) is 12.5 Å². The fourth-order valence-electron chi connectivity index (χ4n) is 4.99. The Labute approximate surface area is 178 Å². The molecule has 0 bridgehead atoms. The number of aliphatic hydroxyl groups excluding tert-OH is 1. The molecule has 6 atom stereocenters. The largest absolute Gasteiger partial charge is 0.388 e. The van der Waals surface area contributed by atoms with E-state index in [4.69, 9.17) is 18.9 Å². The lowest BCUT2D eigenvalue weighted by Crippen LogP contribution is -2.67. The number of carbonyl (C=O) groups excluding carboxylic acids is 1. The number of hydrogen-bond acceptors (Lipinski definition) is 6. The van der Waals surface area contributed by atoms with Crippen LogP contribution in [0, 0.1) is 5.92 Å². The van der Waals surface area contributed by atoms with E-state index in [1.165, 1.54) is 19.3 Å². The van der Waals surface area contributed by atoms with Crippen LogP contribution < -0.4 is 0 Å². The van der Waals surface area contributed by atoms with Crippen molar-refractivity contribution in [3.63, 3.8) is 0 Å². The van der Waals surface area contributed by atoms with Crippen LogP contribution in [0.15, 0.2) is 30.3 Å². The first-order valence-corrected chi connectivity index (χ1v) is 11.0. The molecule has 1 aromatic carbocycles. The highest BCUT2D eigenvalue weighted by Crippen LogP contribution is 2.36. The molecule has 1 aromatic rings. The van der Waals surface area contributed by atoms with Gasteiger partial charge in [-0.15, -0.1) is 0 Å². The number of benzene rings is 1. The van der Waals surface area contributed by atoms with Gasteiger partial charge in [0.25, 0.3) is 0 Å². The van der Waals surface area contributed by atoms with Crippen LogP contribution in [0.4, 0.5) is 0 Å². The second-order valence-corrected chi connectivity index (χ2v) is 8.61. The second kappa shape index (κ2) is 9.75. The fraction of sp³-hybridized carbons (Fsp3) is 0.696. The summed E-state index contributed by atoms with van der Waals surface area (Å²) in [6, 6.07) is 9.03. The van der Waals surface area contributed by atoms with Crippen molar-refractivity contribution < 1.29 is 28.8 Å². The van der Waals surface area contributed by atoms with Crippen molar-refractivity contribution >= 4 is 5.91 Å². The maximum atomic E-state index is 12.6. The van der Waals surface area contributed by atoms with Gasteiger partial charge >= 0.3 is 0 Å². The Bertz CT molecular complexity index is 694. The topological polar surface area (TPSA) is 77.5 Å². The first kappa shape index (κ1) is 21.7. The third-order valence-electron chi connectivity index (χ3n) is 6.58. The molecule has 0 aromatic heterocycles. The van der Waals surface area contributed by atoms with Crippen LogP contribution in [0.3, 0.4) is 0 Å². The maximum Gasteiger partial charge on any atom is 0.219 e. The number of hydrogen-bond donors (Lipinski definition) is 1. The Hall–Kier alpha value is -1.51. The molecule has 3 fully saturated rings. The monoisotopic (exact) mass is 419 g/mol. The highest BCUT2D eigenvalue weighted by atomic mass is 16.7. The fourth-order valence-corrected chi connectivity index (χ4v) is 4.99. The van der Waals surface area contributed by atoms with E-state index in [-0.39, 0.29) is 12.5 Å². The number of carbonyl (C=O) groups is 1. The number of methoxy groups -OCH3 is 1. The minimum atomic E-state index is -0.934. The van der Waals surface area contributed by atoms with E-state index in [9.17, 15) is 9.90 Å². The van der Waals surface area contributed by atoms with Crippen molar-refractivity contribution in [3.05, 3.63) is 35.9 Å². The molecule has 0 radical (unpaired) electrons. The van der Waals surface area contributed by atoms with Gasteiger partial charge < -0.3 is 29.0 Å². The van der Waals surface area contributed by atoms with Crippen molar-refractivity contribution in [2.75, 3.05) is 20.3 Å². The van der Waals surface area contributed by atoms with Crippen molar-refractivity contribution in [1.82, 2.24) is 4.90 Å². The average molecular weight is 420 g/mol. The van der Waals surface area contributed by atoms with Crippen LogP contribution in [0.1, 0.15) is 50.9 Å². The molecule has 7 nitrogen and oxygen atoms in total. The minimum absolute atomic E-state index is 0.0830. The van der Waals surface area contributed by atoms with Crippen LogP contribution in [0.5, 0.6) is 0 Å². The summed E-state index contributed by atoms with van der Waals surface area (Å²) in [5, 5.41) is 11.3. The van der Waals surface area contributed by atoms with E-state index in [2.05, 4.69) is 0 Å². The van der Waals surface area contributed by atoms with Crippen LogP contribution >= 0.6 is 0 Å². The highest BCUT2D eigenvalue weighted by Gasteiger charge is 2.52. The van der Waals surface area contributed by atoms with Gasteiger partial charge in [-0.05, 0) is 18.8 Å². The molecule has 1 saturated carbocycles. The molecular weight excluding hydrogens is 386 g/mol. The molecule has 1 amide bonds. The van der Waals surface area contributed by atoms with Gasteiger partial charge in [0, 0.05) is 26.1 Å². The van der Waals surface area contributed by atoms with Gasteiger partial charge in [0.1, 0.15) is 24.4 Å². The first-order valence-electron chi connectivity index (χ1n) is 11.0. The Morgan fingerprint density at radius 2 is 1.90 bits per heavy atom. The van der Waals surface area contributed by atoms with Crippen LogP contribution in [-0.2, 0) is 23.7 Å². The Morgan fingerprint density at radius 3 is 2.57 bits per heavy atom. The summed E-state index contributed by atoms with van der Waals surface area (Å²) in [6.45, 7) is 2.44. The van der Waals surface area contributed by atoms with E-state index < -0.39 is 36.9 Å². The predicted octanol–water partition coefficient (Wildman–Crippen LogP) is 2.63. The summed E-state index contributed by atoms with van der Waals surface area (Å²) in [6.07, 6.45) is 2.56. The Morgan fingerprint density at radius 1 is 1.17 bits per heavy atom. The Balaban J connectivity index is 1.53. The van der Waals surface area contributed by atoms with Gasteiger partial charge in [0.2, 0.25) is 5.91 Å². The summed E-state index contributed by atoms with van der Waals surface area (Å²) in [4.78, 5) is 14.3. The van der Waals surface area contributed by atoms with Crippen LogP contribution in [0.25, 0.3) is 0 Å². The lowest BCUT2D eigenvalue weighted by molar-refractivity contribution is -0.349. The van der Waals surface area contributed by atoms with Crippen molar-refractivity contribution in [1.29, 1.82) is 0 Å². The first-order chi connectivity index (χ1) is 14.6. The number of ether oxygens (including phenoxy) is 4. The van der Waals surface area contributed by atoms with Crippen LogP contribution in [0.2, 0.25) is 0 Å². The van der Waals surface area contributed by atoms with Crippen molar-refractivity contribution in [3.8, 4) is 0 Å². The number of fused-ring (bicyclic) bond motifs is 1. The summed E-state index contributed by atoms with van der Waals surface area (Å²) >= 11 is 0. The third-order valence-corrected chi connectivity index (χ3v) is 6.58. The zero-order valence-electron chi connectivity index (χ0n) is 17.8. The molecule has 2 heterocycles. The molecule has 0 unspecified atom stereocenters. The Kier molecular flexibility index (Phi) is 7.05. The molecule has 166 valence electrons. The second-order valence-electron chi connectivity index (χ2n) is 8.61. The summed E-state index contributed by atoms with van der Waals surface area (Å²) in [5.74, 6) is 0.359. The molecule has 7 heteroatoms. The molecule has 2 aliphatic heterocycles. The highest BCUT2D eigenvalue weighted by molar-refractivity contribution is 5.73. The molecular formula is C23H33NO6. The van der Waals surface area contributed by atoms with Gasteiger partial charge in [0.15, 0.2) is 12.6 Å². The molecule has 1 aliphatic carbocycles. The van der Waals surface area contributed by atoms with Crippen molar-refractivity contribution in [2.24, 2.45) is 5.92 Å². The zero-order chi connectivity index (χ0) is 21.1. The van der Waals surface area contributed by atoms with E-state index >= 15 is 0 Å². The normalized spacial score (nSPS) is 34.9. The van der Waals surface area contributed by atoms with Gasteiger partial charge in [0.05, 0.1) is 6.61 Å². The average Bonchev–Trinajstić information content (AvgIpc) is 2.78. The summed E-state index contributed by atoms with van der Waals surface area (Å²) in [5.41, 5.74) is 0.888. The maximum absolute atomic E-state index is 12.6. The molecule has 2 saturated heterocycles. The quantitative estimate of drug-likeness (QED) is 0.791. The lowest BCUT2D eigenvalue weighted by atomic mass is 9.87. The third kappa shape index (κ3) is 4.55. The SMILES string of the molecule is CO[C@H]1O[C@@H]2CO[C@@H](c3ccccc3)O[C@H]2[C@@H](O)[C@@H]1N(CC1CCCCC1)C(C)=O. The van der Waals surface area contributed by atoms with E-state index in [1.54, 1.807) is 18.9 Å². The number of aliphatic hydroxyl groups is 1. The minimum Gasteiger partial charge on any atom is -0.388 e. The molecule has 30 heavy (non-hydrogen) atoms. The lowest BCUT2D eigenvalue weighted by Gasteiger charge is -2.50. The molecule has 0 spiro atoms. The standard InChI is InChI=1S/C23H33NO6/c1-15(25)24(13-16-9-5-3-6-10-16)19-20(26)21-18(29-23(19)27-2)14-28-22(30-21)17-11-7-4-8-12-17/h4,7-8,11-12,16,18-23,26H,3,5-6,9-10,13-14H2,1-2H3/t18-,19+,20+,21-,22-,23+/m1/s1. The van der Waals surface area contributed by atoms with Gasteiger partial charge in [-0.2, -0.15) is 0 Å². The predicted molar refractivity (Wildman–Crippen MR) is 109 cm³/mol. The van der Waals surface area contributed by atoms with Gasteiger partial charge in [-0.1, -0.05) is 49.6 Å². The molecule has 3 aliphatic rings. The zero-order valence-corrected chi connectivity index (χ0v) is 17.8. The molecule has 4 rings (SSSR count). The summed E-state index contributed by atoms with van der Waals surface area (Å²) in [7, 11) is 1.54. The van der Waals surface area contributed by atoms with Gasteiger partial charge in [-0.25, -0.2) is 0 Å². The van der Waals surface area contributed by atoms with E-state index in [0.717, 1.165) is 18.4 Å².